The molecule has 16 heavy (non-hydrogen) atoms. The molecule has 2 fully saturated rings. The summed E-state index contributed by atoms with van der Waals surface area (Å²) in [7, 11) is 0. The molecule has 0 aromatic rings. The predicted molar refractivity (Wildman–Crippen MR) is 64.9 cm³/mol. The van der Waals surface area contributed by atoms with Gasteiger partial charge in [-0.25, -0.2) is 0 Å². The Morgan fingerprint density at radius 1 is 1.38 bits per heavy atom. The molecule has 3 N–H and O–H groups in total. The maximum absolute atomic E-state index is 12.2. The van der Waals surface area contributed by atoms with E-state index in [0.717, 1.165) is 32.1 Å². The van der Waals surface area contributed by atoms with Crippen LogP contribution in [0, 0.1) is 11.8 Å². The summed E-state index contributed by atoms with van der Waals surface area (Å²) in [4.78, 5) is 12.2. The molecular weight excluding hydrogens is 200 g/mol. The summed E-state index contributed by atoms with van der Waals surface area (Å²) in [5, 5.41) is 3.22. The van der Waals surface area contributed by atoms with E-state index in [1.54, 1.807) is 0 Å². The second kappa shape index (κ2) is 4.36. The molecule has 0 aromatic heterocycles. The van der Waals surface area contributed by atoms with Crippen LogP contribution >= 0.6 is 0 Å². The normalized spacial score (nSPS) is 37.6. The number of amides is 1. The first-order valence-electron chi connectivity index (χ1n) is 6.58. The van der Waals surface area contributed by atoms with Crippen LogP contribution in [0.5, 0.6) is 0 Å². The van der Waals surface area contributed by atoms with Gasteiger partial charge in [0.1, 0.15) is 0 Å². The van der Waals surface area contributed by atoms with Crippen molar-refractivity contribution in [3.8, 4) is 0 Å². The highest BCUT2D eigenvalue weighted by molar-refractivity contribution is 5.80. The molecule has 2 aliphatic carbocycles. The Kier molecular flexibility index (Phi) is 3.24. The molecule has 92 valence electrons. The van der Waals surface area contributed by atoms with Gasteiger partial charge >= 0.3 is 0 Å². The minimum Gasteiger partial charge on any atom is -0.351 e. The molecule has 3 nitrogen and oxygen atoms in total. The van der Waals surface area contributed by atoms with E-state index < -0.39 is 0 Å². The van der Waals surface area contributed by atoms with Gasteiger partial charge in [-0.05, 0) is 51.4 Å². The number of hydrogen-bond acceptors (Lipinski definition) is 2. The van der Waals surface area contributed by atoms with Crippen LogP contribution in [-0.2, 0) is 4.79 Å². The highest BCUT2D eigenvalue weighted by Crippen LogP contribution is 2.34. The van der Waals surface area contributed by atoms with Crippen molar-refractivity contribution in [3.05, 3.63) is 0 Å². The van der Waals surface area contributed by atoms with E-state index in [-0.39, 0.29) is 23.4 Å². The smallest absolute Gasteiger partial charge is 0.223 e. The zero-order valence-corrected chi connectivity index (χ0v) is 10.5. The van der Waals surface area contributed by atoms with Crippen molar-refractivity contribution in [2.24, 2.45) is 17.6 Å². The second-order valence-corrected chi connectivity index (χ2v) is 6.06. The van der Waals surface area contributed by atoms with Crippen LogP contribution in [0.4, 0.5) is 0 Å². The zero-order chi connectivity index (χ0) is 11.8. The van der Waals surface area contributed by atoms with E-state index in [1.807, 2.05) is 0 Å². The molecule has 0 saturated heterocycles. The first kappa shape index (κ1) is 11.9. The lowest BCUT2D eigenvalue weighted by Crippen LogP contribution is -2.54. The van der Waals surface area contributed by atoms with Gasteiger partial charge in [0.05, 0.1) is 0 Å². The minimum absolute atomic E-state index is 0.0817. The Bertz CT molecular complexity index is 273. The summed E-state index contributed by atoms with van der Waals surface area (Å²) >= 11 is 0. The first-order chi connectivity index (χ1) is 7.50. The van der Waals surface area contributed by atoms with E-state index >= 15 is 0 Å². The van der Waals surface area contributed by atoms with Gasteiger partial charge < -0.3 is 11.1 Å². The van der Waals surface area contributed by atoms with Crippen LogP contribution in [0.25, 0.3) is 0 Å². The number of carbonyl (C=O) groups excluding carboxylic acids is 1. The van der Waals surface area contributed by atoms with Crippen LogP contribution in [0.3, 0.4) is 0 Å². The highest BCUT2D eigenvalue weighted by Gasteiger charge is 2.37. The van der Waals surface area contributed by atoms with E-state index in [9.17, 15) is 4.79 Å². The van der Waals surface area contributed by atoms with E-state index in [4.69, 9.17) is 5.73 Å². The summed E-state index contributed by atoms with van der Waals surface area (Å²) in [5.74, 6) is 0.870. The van der Waals surface area contributed by atoms with Gasteiger partial charge in [0.25, 0.3) is 0 Å². The highest BCUT2D eigenvalue weighted by atomic mass is 16.2. The maximum atomic E-state index is 12.2. The molecule has 0 aliphatic heterocycles. The standard InChI is InChI=1S/C13H24N2O/c1-9-4-5-10(14)8-11(9)12(16)15-13(2)6-3-7-13/h9-11H,3-8,14H2,1-2H3,(H,15,16). The van der Waals surface area contributed by atoms with Gasteiger partial charge in [-0.15, -0.1) is 0 Å². The maximum Gasteiger partial charge on any atom is 0.223 e. The van der Waals surface area contributed by atoms with Gasteiger partial charge in [-0.3, -0.25) is 4.79 Å². The van der Waals surface area contributed by atoms with Gasteiger partial charge in [-0.2, -0.15) is 0 Å². The van der Waals surface area contributed by atoms with E-state index in [0.29, 0.717) is 5.92 Å². The van der Waals surface area contributed by atoms with Crippen LogP contribution in [-0.4, -0.2) is 17.5 Å². The molecule has 3 heteroatoms. The van der Waals surface area contributed by atoms with Crippen molar-refractivity contribution in [1.82, 2.24) is 5.32 Å². The number of carbonyl (C=O) groups is 1. The van der Waals surface area contributed by atoms with Crippen LogP contribution in [0.2, 0.25) is 0 Å². The molecule has 2 rings (SSSR count). The SMILES string of the molecule is CC1CCC(N)CC1C(=O)NC1(C)CCC1. The molecule has 0 spiro atoms. The van der Waals surface area contributed by atoms with Crippen molar-refractivity contribution < 1.29 is 4.79 Å². The Labute approximate surface area is 98.2 Å². The number of nitrogens with one attached hydrogen (secondary N) is 1. The summed E-state index contributed by atoms with van der Waals surface area (Å²) in [5.41, 5.74) is 6.04. The van der Waals surface area contributed by atoms with Gasteiger partial charge in [-0.1, -0.05) is 6.92 Å². The largest absolute Gasteiger partial charge is 0.351 e. The van der Waals surface area contributed by atoms with Crippen molar-refractivity contribution in [1.29, 1.82) is 0 Å². The van der Waals surface area contributed by atoms with E-state index in [2.05, 4.69) is 19.2 Å². The van der Waals surface area contributed by atoms with Crippen molar-refractivity contribution in [3.63, 3.8) is 0 Å². The number of nitrogens with two attached hydrogens (primary N) is 1. The lowest BCUT2D eigenvalue weighted by Gasteiger charge is -2.41. The fourth-order valence-corrected chi connectivity index (χ4v) is 2.94. The lowest BCUT2D eigenvalue weighted by molar-refractivity contribution is -0.130. The van der Waals surface area contributed by atoms with E-state index in [1.165, 1.54) is 6.42 Å². The molecular formula is C13H24N2O. The average Bonchev–Trinajstić information content (AvgIpc) is 2.19. The number of hydrogen-bond donors (Lipinski definition) is 2. The lowest BCUT2D eigenvalue weighted by atomic mass is 9.75. The zero-order valence-electron chi connectivity index (χ0n) is 10.5. The third-order valence-electron chi connectivity index (χ3n) is 4.46. The quantitative estimate of drug-likeness (QED) is 0.751. The third kappa shape index (κ3) is 2.40. The molecule has 0 bridgehead atoms. The fraction of sp³-hybridized carbons (Fsp3) is 0.923. The molecule has 1 amide bonds. The predicted octanol–water partition coefficient (Wildman–Crippen LogP) is 1.81. The third-order valence-corrected chi connectivity index (χ3v) is 4.46. The monoisotopic (exact) mass is 224 g/mol. The fourth-order valence-electron chi connectivity index (χ4n) is 2.94. The summed E-state index contributed by atoms with van der Waals surface area (Å²) in [6.07, 6.45) is 6.54. The molecule has 0 aromatic carbocycles. The van der Waals surface area contributed by atoms with Crippen molar-refractivity contribution in [2.45, 2.75) is 64.0 Å². The van der Waals surface area contributed by atoms with Gasteiger partial charge in [0, 0.05) is 17.5 Å². The minimum atomic E-state index is 0.0817. The van der Waals surface area contributed by atoms with Crippen molar-refractivity contribution >= 4 is 5.91 Å². The summed E-state index contributed by atoms with van der Waals surface area (Å²) < 4.78 is 0. The van der Waals surface area contributed by atoms with Crippen LogP contribution in [0.1, 0.15) is 52.4 Å². The molecule has 0 heterocycles. The Morgan fingerprint density at radius 2 is 2.06 bits per heavy atom. The number of rotatable bonds is 2. The Morgan fingerprint density at radius 3 is 2.62 bits per heavy atom. The molecule has 0 radical (unpaired) electrons. The molecule has 2 aliphatic rings. The summed E-state index contributed by atoms with van der Waals surface area (Å²) in [6, 6.07) is 0.223. The Balaban J connectivity index is 1.92. The molecule has 3 atom stereocenters. The van der Waals surface area contributed by atoms with Crippen molar-refractivity contribution in [2.75, 3.05) is 0 Å². The molecule has 2 saturated carbocycles. The summed E-state index contributed by atoms with van der Waals surface area (Å²) in [6.45, 7) is 4.33. The van der Waals surface area contributed by atoms with Gasteiger partial charge in [0.2, 0.25) is 5.91 Å². The van der Waals surface area contributed by atoms with Gasteiger partial charge in [0.15, 0.2) is 0 Å². The van der Waals surface area contributed by atoms with Crippen LogP contribution in [0.15, 0.2) is 0 Å². The van der Waals surface area contributed by atoms with Crippen LogP contribution < -0.4 is 11.1 Å². The topological polar surface area (TPSA) is 55.1 Å². The molecule has 3 unspecified atom stereocenters. The average molecular weight is 224 g/mol. The Hall–Kier alpha value is -0.570. The second-order valence-electron chi connectivity index (χ2n) is 6.06. The first-order valence-corrected chi connectivity index (χ1v) is 6.58.